The summed E-state index contributed by atoms with van der Waals surface area (Å²) < 4.78 is 17.6. The molecule has 0 aromatic heterocycles. The average Bonchev–Trinajstić information content (AvgIpc) is 2.53. The molecule has 0 atom stereocenters. The van der Waals surface area contributed by atoms with E-state index in [2.05, 4.69) is 4.90 Å². The molecule has 5 heteroatoms. The van der Waals surface area contributed by atoms with Crippen LogP contribution in [0.2, 0.25) is 0 Å². The molecule has 0 amide bonds. The first-order valence-corrected chi connectivity index (χ1v) is 9.16. The van der Waals surface area contributed by atoms with Crippen molar-refractivity contribution in [2.75, 3.05) is 26.3 Å². The fourth-order valence-electron chi connectivity index (χ4n) is 4.21. The predicted octanol–water partition coefficient (Wildman–Crippen LogP) is 2.16. The van der Waals surface area contributed by atoms with Gasteiger partial charge in [-0.1, -0.05) is 12.5 Å². The van der Waals surface area contributed by atoms with E-state index in [0.717, 1.165) is 48.8 Å². The van der Waals surface area contributed by atoms with Crippen molar-refractivity contribution in [1.82, 2.24) is 4.90 Å². The summed E-state index contributed by atoms with van der Waals surface area (Å²) in [6.45, 7) is 3.43. The van der Waals surface area contributed by atoms with Crippen LogP contribution in [0.4, 0.5) is 0 Å². The van der Waals surface area contributed by atoms with E-state index >= 15 is 0 Å². The minimum atomic E-state index is -0.835. The third kappa shape index (κ3) is 2.37. The maximum Gasteiger partial charge on any atom is 0.213 e. The van der Waals surface area contributed by atoms with Gasteiger partial charge in [0.1, 0.15) is 11.4 Å². The van der Waals surface area contributed by atoms with E-state index in [4.69, 9.17) is 14.2 Å². The molecule has 1 aromatic rings. The van der Waals surface area contributed by atoms with E-state index in [1.165, 1.54) is 19.3 Å². The van der Waals surface area contributed by atoms with Gasteiger partial charge in [0.15, 0.2) is 0 Å². The van der Waals surface area contributed by atoms with Crippen LogP contribution in [-0.4, -0.2) is 48.1 Å². The minimum Gasteiger partial charge on any atom is -0.462 e. The molecule has 5 rings (SSSR count). The van der Waals surface area contributed by atoms with Gasteiger partial charge in [-0.2, -0.15) is 0 Å². The molecule has 3 aliphatic heterocycles. The maximum absolute atomic E-state index is 10.4. The van der Waals surface area contributed by atoms with Crippen LogP contribution in [0.15, 0.2) is 18.2 Å². The normalized spacial score (nSPS) is 28.5. The molecule has 1 spiro atoms. The van der Waals surface area contributed by atoms with Crippen LogP contribution in [0.5, 0.6) is 5.75 Å². The SMILES string of the molecule is OC1(c2ccc3c(c2)COC2(CCN(C4CCC4)CC2)O3)COC1. The molecule has 0 bridgehead atoms. The van der Waals surface area contributed by atoms with Gasteiger partial charge in [0.2, 0.25) is 5.79 Å². The molecular weight excluding hydrogens is 306 g/mol. The third-order valence-electron chi connectivity index (χ3n) is 6.22. The summed E-state index contributed by atoms with van der Waals surface area (Å²) in [5.74, 6) is 0.455. The molecule has 1 saturated carbocycles. The van der Waals surface area contributed by atoms with Crippen molar-refractivity contribution in [2.24, 2.45) is 0 Å². The number of hydrogen-bond donors (Lipinski definition) is 1. The second kappa shape index (κ2) is 5.43. The Labute approximate surface area is 142 Å². The Hall–Kier alpha value is -1.14. The zero-order valence-corrected chi connectivity index (χ0v) is 14.0. The standard InChI is InChI=1S/C19H25NO4/c21-18(12-22-13-18)15-4-5-17-14(10-15)11-23-19(24-17)6-8-20(9-7-19)16-2-1-3-16/h4-5,10,16,21H,1-3,6-9,11-13H2. The van der Waals surface area contributed by atoms with E-state index in [0.29, 0.717) is 19.8 Å². The van der Waals surface area contributed by atoms with Crippen molar-refractivity contribution in [2.45, 2.75) is 56.1 Å². The molecule has 0 unspecified atom stereocenters. The van der Waals surface area contributed by atoms with E-state index in [-0.39, 0.29) is 0 Å². The zero-order valence-electron chi connectivity index (χ0n) is 14.0. The third-order valence-corrected chi connectivity index (χ3v) is 6.22. The van der Waals surface area contributed by atoms with E-state index in [1.807, 2.05) is 18.2 Å². The highest BCUT2D eigenvalue weighted by Crippen LogP contribution is 2.41. The predicted molar refractivity (Wildman–Crippen MR) is 87.8 cm³/mol. The van der Waals surface area contributed by atoms with Crippen molar-refractivity contribution < 1.29 is 19.3 Å². The van der Waals surface area contributed by atoms with Gasteiger partial charge in [0.25, 0.3) is 0 Å². The summed E-state index contributed by atoms with van der Waals surface area (Å²) >= 11 is 0. The van der Waals surface area contributed by atoms with E-state index in [9.17, 15) is 5.11 Å². The summed E-state index contributed by atoms with van der Waals surface area (Å²) in [4.78, 5) is 2.60. The molecule has 1 aliphatic carbocycles. The first-order chi connectivity index (χ1) is 11.7. The zero-order chi connectivity index (χ0) is 16.2. The van der Waals surface area contributed by atoms with Crippen LogP contribution in [0.1, 0.15) is 43.2 Å². The van der Waals surface area contributed by atoms with E-state index in [1.54, 1.807) is 0 Å². The first-order valence-electron chi connectivity index (χ1n) is 9.16. The Morgan fingerprint density at radius 3 is 2.54 bits per heavy atom. The Kier molecular flexibility index (Phi) is 3.42. The average molecular weight is 331 g/mol. The lowest BCUT2D eigenvalue weighted by molar-refractivity contribution is -0.231. The fraction of sp³-hybridized carbons (Fsp3) is 0.684. The van der Waals surface area contributed by atoms with Crippen LogP contribution in [0, 0.1) is 0 Å². The minimum absolute atomic E-state index is 0.369. The molecule has 3 heterocycles. The second-order valence-corrected chi connectivity index (χ2v) is 7.77. The number of fused-ring (bicyclic) bond motifs is 1. The summed E-state index contributed by atoms with van der Waals surface area (Å²) in [5, 5.41) is 10.4. The molecule has 0 radical (unpaired) electrons. The van der Waals surface area contributed by atoms with Crippen molar-refractivity contribution in [3.8, 4) is 5.75 Å². The van der Waals surface area contributed by atoms with Crippen LogP contribution in [0.3, 0.4) is 0 Å². The summed E-state index contributed by atoms with van der Waals surface area (Å²) in [6, 6.07) is 6.76. The van der Waals surface area contributed by atoms with Crippen LogP contribution in [-0.2, 0) is 21.7 Å². The Morgan fingerprint density at radius 2 is 1.92 bits per heavy atom. The summed E-state index contributed by atoms with van der Waals surface area (Å²) in [5.41, 5.74) is 1.09. The van der Waals surface area contributed by atoms with Gasteiger partial charge in [0.05, 0.1) is 19.8 Å². The quantitative estimate of drug-likeness (QED) is 0.900. The lowest BCUT2D eigenvalue weighted by Gasteiger charge is -2.47. The van der Waals surface area contributed by atoms with Gasteiger partial charge in [0, 0.05) is 37.5 Å². The monoisotopic (exact) mass is 331 g/mol. The molecule has 2 saturated heterocycles. The molecule has 5 nitrogen and oxygen atoms in total. The van der Waals surface area contributed by atoms with Gasteiger partial charge in [-0.25, -0.2) is 0 Å². The topological polar surface area (TPSA) is 51.2 Å². The molecule has 24 heavy (non-hydrogen) atoms. The number of benzene rings is 1. The van der Waals surface area contributed by atoms with Gasteiger partial charge < -0.3 is 19.3 Å². The van der Waals surface area contributed by atoms with Crippen molar-refractivity contribution in [3.05, 3.63) is 29.3 Å². The molecule has 1 N–H and O–H groups in total. The number of piperidine rings is 1. The Bertz CT molecular complexity index is 630. The Balaban J connectivity index is 1.30. The van der Waals surface area contributed by atoms with E-state index < -0.39 is 11.4 Å². The molecule has 130 valence electrons. The largest absolute Gasteiger partial charge is 0.462 e. The lowest BCUT2D eigenvalue weighted by atomic mass is 9.88. The fourth-order valence-corrected chi connectivity index (χ4v) is 4.21. The maximum atomic E-state index is 10.4. The van der Waals surface area contributed by atoms with Crippen LogP contribution in [0.25, 0.3) is 0 Å². The van der Waals surface area contributed by atoms with Gasteiger partial charge in [-0.3, -0.25) is 4.90 Å². The highest BCUT2D eigenvalue weighted by molar-refractivity contribution is 5.41. The first kappa shape index (κ1) is 15.1. The summed E-state index contributed by atoms with van der Waals surface area (Å²) in [7, 11) is 0. The van der Waals surface area contributed by atoms with Gasteiger partial charge in [-0.15, -0.1) is 0 Å². The number of nitrogens with zero attached hydrogens (tertiary/aromatic N) is 1. The summed E-state index contributed by atoms with van der Waals surface area (Å²) in [6.07, 6.45) is 5.96. The molecule has 1 aromatic carbocycles. The number of aliphatic hydroxyl groups is 1. The number of likely N-dealkylation sites (tertiary alicyclic amines) is 1. The Morgan fingerprint density at radius 1 is 1.12 bits per heavy atom. The molecule has 3 fully saturated rings. The number of ether oxygens (including phenoxy) is 3. The molecular formula is C19H25NO4. The smallest absolute Gasteiger partial charge is 0.213 e. The number of rotatable bonds is 2. The van der Waals surface area contributed by atoms with Gasteiger partial charge >= 0.3 is 0 Å². The van der Waals surface area contributed by atoms with Crippen LogP contribution >= 0.6 is 0 Å². The van der Waals surface area contributed by atoms with Crippen molar-refractivity contribution in [3.63, 3.8) is 0 Å². The second-order valence-electron chi connectivity index (χ2n) is 7.77. The highest BCUT2D eigenvalue weighted by Gasteiger charge is 2.44. The molecule has 4 aliphatic rings. The number of hydrogen-bond acceptors (Lipinski definition) is 5. The van der Waals surface area contributed by atoms with Crippen molar-refractivity contribution >= 4 is 0 Å². The van der Waals surface area contributed by atoms with Crippen molar-refractivity contribution in [1.29, 1.82) is 0 Å². The van der Waals surface area contributed by atoms with Crippen LogP contribution < -0.4 is 4.74 Å². The lowest BCUT2D eigenvalue weighted by Crippen LogP contribution is -2.54. The van der Waals surface area contributed by atoms with Gasteiger partial charge in [-0.05, 0) is 30.5 Å². The highest BCUT2D eigenvalue weighted by atomic mass is 16.7.